The molecule has 0 heterocycles. The molecule has 2 N–H and O–H groups in total. The SMILES string of the molecule is COc1cc(C(=O)NC(CCOC(C)(C)C)C(=O)O)ccc1OC1CCCC1. The van der Waals surface area contributed by atoms with E-state index in [-0.39, 0.29) is 24.7 Å². The highest BCUT2D eigenvalue weighted by atomic mass is 16.5. The van der Waals surface area contributed by atoms with E-state index in [2.05, 4.69) is 5.32 Å². The first kappa shape index (κ1) is 22.0. The first-order valence-corrected chi connectivity index (χ1v) is 9.72. The number of carbonyl (C=O) groups is 2. The van der Waals surface area contributed by atoms with Crippen LogP contribution < -0.4 is 14.8 Å². The third-order valence-electron chi connectivity index (χ3n) is 4.57. The minimum absolute atomic E-state index is 0.174. The van der Waals surface area contributed by atoms with Gasteiger partial charge in [0.1, 0.15) is 6.04 Å². The van der Waals surface area contributed by atoms with Gasteiger partial charge in [-0.2, -0.15) is 0 Å². The zero-order valence-corrected chi connectivity index (χ0v) is 17.1. The smallest absolute Gasteiger partial charge is 0.326 e. The van der Waals surface area contributed by atoms with Crippen molar-refractivity contribution in [1.82, 2.24) is 5.32 Å². The molecule has 0 aromatic heterocycles. The number of carboxylic acids is 1. The highest BCUT2D eigenvalue weighted by molar-refractivity contribution is 5.97. The van der Waals surface area contributed by atoms with Crippen molar-refractivity contribution in [3.05, 3.63) is 23.8 Å². The van der Waals surface area contributed by atoms with E-state index in [0.717, 1.165) is 25.7 Å². The number of benzene rings is 1. The number of ether oxygens (including phenoxy) is 3. The first-order valence-electron chi connectivity index (χ1n) is 9.72. The molecule has 1 atom stereocenters. The molecule has 1 amide bonds. The molecule has 2 rings (SSSR count). The van der Waals surface area contributed by atoms with Crippen LogP contribution in [0.15, 0.2) is 18.2 Å². The van der Waals surface area contributed by atoms with Crippen LogP contribution in [0.5, 0.6) is 11.5 Å². The van der Waals surface area contributed by atoms with Gasteiger partial charge in [0.25, 0.3) is 5.91 Å². The summed E-state index contributed by atoms with van der Waals surface area (Å²) >= 11 is 0. The number of carbonyl (C=O) groups excluding carboxylic acids is 1. The van der Waals surface area contributed by atoms with Crippen molar-refractivity contribution < 1.29 is 28.9 Å². The van der Waals surface area contributed by atoms with E-state index in [1.807, 2.05) is 20.8 Å². The summed E-state index contributed by atoms with van der Waals surface area (Å²) < 4.78 is 16.9. The van der Waals surface area contributed by atoms with Crippen LogP contribution in [0.1, 0.15) is 63.2 Å². The molecule has 1 aromatic rings. The molecule has 0 aliphatic heterocycles. The summed E-state index contributed by atoms with van der Waals surface area (Å²) in [5, 5.41) is 11.9. The Morgan fingerprint density at radius 3 is 2.46 bits per heavy atom. The van der Waals surface area contributed by atoms with Gasteiger partial charge in [0.2, 0.25) is 0 Å². The lowest BCUT2D eigenvalue weighted by molar-refractivity contribution is -0.140. The number of hydrogen-bond acceptors (Lipinski definition) is 5. The van der Waals surface area contributed by atoms with Gasteiger partial charge in [0, 0.05) is 18.6 Å². The molecule has 1 aliphatic rings. The molecular weight excluding hydrogens is 362 g/mol. The quantitative estimate of drug-likeness (QED) is 0.668. The van der Waals surface area contributed by atoms with Crippen molar-refractivity contribution in [3.63, 3.8) is 0 Å². The Hall–Kier alpha value is -2.28. The van der Waals surface area contributed by atoms with E-state index in [4.69, 9.17) is 14.2 Å². The van der Waals surface area contributed by atoms with Gasteiger partial charge in [-0.25, -0.2) is 4.79 Å². The first-order chi connectivity index (χ1) is 13.2. The maximum atomic E-state index is 12.5. The molecule has 7 heteroatoms. The van der Waals surface area contributed by atoms with Crippen LogP contribution in [0.25, 0.3) is 0 Å². The van der Waals surface area contributed by atoms with Gasteiger partial charge < -0.3 is 24.6 Å². The number of hydrogen-bond donors (Lipinski definition) is 2. The Bertz CT molecular complexity index is 676. The average molecular weight is 393 g/mol. The summed E-state index contributed by atoms with van der Waals surface area (Å²) in [6.07, 6.45) is 4.70. The van der Waals surface area contributed by atoms with Crippen molar-refractivity contribution in [2.24, 2.45) is 0 Å². The predicted molar refractivity (Wildman–Crippen MR) is 105 cm³/mol. The number of methoxy groups -OCH3 is 1. The van der Waals surface area contributed by atoms with E-state index in [1.54, 1.807) is 18.2 Å². The molecule has 0 saturated heterocycles. The Morgan fingerprint density at radius 2 is 1.89 bits per heavy atom. The molecule has 1 saturated carbocycles. The van der Waals surface area contributed by atoms with E-state index < -0.39 is 17.9 Å². The zero-order chi connectivity index (χ0) is 20.7. The molecule has 0 spiro atoms. The lowest BCUT2D eigenvalue weighted by Crippen LogP contribution is -2.42. The summed E-state index contributed by atoms with van der Waals surface area (Å²) in [5.74, 6) is -0.519. The molecule has 1 fully saturated rings. The van der Waals surface area contributed by atoms with Crippen LogP contribution >= 0.6 is 0 Å². The second kappa shape index (κ2) is 9.78. The third-order valence-corrected chi connectivity index (χ3v) is 4.57. The minimum atomic E-state index is -1.10. The van der Waals surface area contributed by atoms with E-state index >= 15 is 0 Å². The second-order valence-electron chi connectivity index (χ2n) is 8.00. The van der Waals surface area contributed by atoms with Gasteiger partial charge in [0.05, 0.1) is 18.8 Å². The minimum Gasteiger partial charge on any atom is -0.493 e. The maximum Gasteiger partial charge on any atom is 0.326 e. The molecule has 156 valence electrons. The summed E-state index contributed by atoms with van der Waals surface area (Å²) in [6.45, 7) is 5.91. The standard InChI is InChI=1S/C21H31NO6/c1-21(2,3)27-12-11-16(20(24)25)22-19(23)14-9-10-17(18(13-14)26-4)28-15-7-5-6-8-15/h9-10,13,15-16H,5-8,11-12H2,1-4H3,(H,22,23)(H,24,25). The molecule has 1 unspecified atom stereocenters. The monoisotopic (exact) mass is 393 g/mol. The largest absolute Gasteiger partial charge is 0.493 e. The van der Waals surface area contributed by atoms with Crippen molar-refractivity contribution >= 4 is 11.9 Å². The fourth-order valence-corrected chi connectivity index (χ4v) is 3.07. The van der Waals surface area contributed by atoms with Crippen LogP contribution in [0, 0.1) is 0 Å². The molecular formula is C21H31NO6. The zero-order valence-electron chi connectivity index (χ0n) is 17.1. The molecule has 28 heavy (non-hydrogen) atoms. The van der Waals surface area contributed by atoms with Crippen LogP contribution in [-0.2, 0) is 9.53 Å². The van der Waals surface area contributed by atoms with Gasteiger partial charge in [-0.1, -0.05) is 0 Å². The second-order valence-corrected chi connectivity index (χ2v) is 8.00. The fourth-order valence-electron chi connectivity index (χ4n) is 3.07. The van der Waals surface area contributed by atoms with Gasteiger partial charge in [-0.05, 0) is 64.7 Å². The van der Waals surface area contributed by atoms with Crippen molar-refractivity contribution in [1.29, 1.82) is 0 Å². The Kier molecular flexibility index (Phi) is 7.69. The summed E-state index contributed by atoms with van der Waals surface area (Å²) in [4.78, 5) is 24.0. The summed E-state index contributed by atoms with van der Waals surface area (Å²) in [5.41, 5.74) is -0.0473. The highest BCUT2D eigenvalue weighted by Crippen LogP contribution is 2.32. The Balaban J connectivity index is 2.01. The van der Waals surface area contributed by atoms with Gasteiger partial charge in [0.15, 0.2) is 11.5 Å². The van der Waals surface area contributed by atoms with Crippen molar-refractivity contribution in [3.8, 4) is 11.5 Å². The molecule has 0 radical (unpaired) electrons. The van der Waals surface area contributed by atoms with E-state index in [9.17, 15) is 14.7 Å². The van der Waals surface area contributed by atoms with E-state index in [1.165, 1.54) is 7.11 Å². The van der Waals surface area contributed by atoms with Crippen molar-refractivity contribution in [2.45, 2.75) is 70.6 Å². The third kappa shape index (κ3) is 6.71. The number of aliphatic carboxylic acids is 1. The molecule has 7 nitrogen and oxygen atoms in total. The van der Waals surface area contributed by atoms with Gasteiger partial charge in [-0.15, -0.1) is 0 Å². The van der Waals surface area contributed by atoms with E-state index in [0.29, 0.717) is 17.1 Å². The number of amides is 1. The molecule has 1 aliphatic carbocycles. The molecule has 0 bridgehead atoms. The number of carboxylic acid groups (broad SMARTS) is 1. The lowest BCUT2D eigenvalue weighted by atomic mass is 10.1. The fraction of sp³-hybridized carbons (Fsp3) is 0.619. The van der Waals surface area contributed by atoms with Crippen LogP contribution in [-0.4, -0.2) is 48.4 Å². The predicted octanol–water partition coefficient (Wildman–Crippen LogP) is 3.40. The van der Waals surface area contributed by atoms with Crippen LogP contribution in [0.3, 0.4) is 0 Å². The number of nitrogens with one attached hydrogen (secondary N) is 1. The normalized spacial score (nSPS) is 15.9. The van der Waals surface area contributed by atoms with Crippen LogP contribution in [0.4, 0.5) is 0 Å². The highest BCUT2D eigenvalue weighted by Gasteiger charge is 2.23. The van der Waals surface area contributed by atoms with Crippen LogP contribution in [0.2, 0.25) is 0 Å². The lowest BCUT2D eigenvalue weighted by Gasteiger charge is -2.21. The topological polar surface area (TPSA) is 94.1 Å². The van der Waals surface area contributed by atoms with Gasteiger partial charge >= 0.3 is 5.97 Å². The van der Waals surface area contributed by atoms with Gasteiger partial charge in [-0.3, -0.25) is 4.79 Å². The number of rotatable bonds is 9. The Morgan fingerprint density at radius 1 is 1.21 bits per heavy atom. The van der Waals surface area contributed by atoms with Crippen molar-refractivity contribution in [2.75, 3.05) is 13.7 Å². The Labute approximate surface area is 166 Å². The summed E-state index contributed by atoms with van der Waals surface area (Å²) in [6, 6.07) is 3.86. The maximum absolute atomic E-state index is 12.5. The summed E-state index contributed by atoms with van der Waals surface area (Å²) in [7, 11) is 1.52. The molecule has 1 aromatic carbocycles. The average Bonchev–Trinajstić information content (AvgIpc) is 3.13.